The number of carboxylic acids is 1. The lowest BCUT2D eigenvalue weighted by Gasteiger charge is -2.24. The molecule has 1 fully saturated rings. The van der Waals surface area contributed by atoms with E-state index in [4.69, 9.17) is 9.52 Å². The van der Waals surface area contributed by atoms with Gasteiger partial charge in [-0.3, -0.25) is 9.59 Å². The molecule has 98 valence electrons. The molecule has 1 N–H and O–H groups in total. The monoisotopic (exact) mass is 251 g/mol. The predicted octanol–water partition coefficient (Wildman–Crippen LogP) is 1.91. The first-order valence-corrected chi connectivity index (χ1v) is 6.08. The van der Waals surface area contributed by atoms with Crippen molar-refractivity contribution in [3.63, 3.8) is 0 Å². The van der Waals surface area contributed by atoms with Gasteiger partial charge in [-0.2, -0.15) is 0 Å². The highest BCUT2D eigenvalue weighted by Gasteiger charge is 2.35. The first-order valence-electron chi connectivity index (χ1n) is 6.08. The number of carbonyl (C=O) groups excluding carboxylic acids is 1. The second-order valence-corrected chi connectivity index (χ2v) is 4.82. The molecule has 1 atom stereocenters. The van der Waals surface area contributed by atoms with E-state index in [1.807, 2.05) is 0 Å². The van der Waals surface area contributed by atoms with Gasteiger partial charge in [-0.05, 0) is 25.8 Å². The van der Waals surface area contributed by atoms with E-state index in [1.54, 1.807) is 24.8 Å². The first kappa shape index (κ1) is 12.7. The van der Waals surface area contributed by atoms with E-state index in [0.29, 0.717) is 11.3 Å². The van der Waals surface area contributed by atoms with Crippen LogP contribution in [0.15, 0.2) is 16.7 Å². The smallest absolute Gasteiger partial charge is 0.308 e. The Bertz CT molecular complexity index is 461. The highest BCUT2D eigenvalue weighted by atomic mass is 16.4. The molecule has 0 aromatic carbocycles. The van der Waals surface area contributed by atoms with E-state index < -0.39 is 11.9 Å². The average Bonchev–Trinajstić information content (AvgIpc) is 3.07. The summed E-state index contributed by atoms with van der Waals surface area (Å²) in [5.41, 5.74) is 0.527. The summed E-state index contributed by atoms with van der Waals surface area (Å²) in [6.07, 6.45) is 3.39. The van der Waals surface area contributed by atoms with Gasteiger partial charge in [-0.15, -0.1) is 0 Å². The molecule has 1 aliphatic carbocycles. The number of aliphatic carboxylic acids is 1. The van der Waals surface area contributed by atoms with Gasteiger partial charge >= 0.3 is 5.97 Å². The minimum absolute atomic E-state index is 0.128. The quantitative estimate of drug-likeness (QED) is 0.867. The van der Waals surface area contributed by atoms with Crippen molar-refractivity contribution in [1.82, 2.24) is 4.90 Å². The molecule has 0 radical (unpaired) electrons. The Hall–Kier alpha value is -1.78. The van der Waals surface area contributed by atoms with Crippen LogP contribution in [0.1, 0.15) is 35.9 Å². The normalized spacial score (nSPS) is 16.3. The standard InChI is InChI=1S/C13H17NO4/c1-8(13(16)17)7-14(10-3-4-10)12(15)11-5-6-18-9(11)2/h5-6,8,10H,3-4,7H2,1-2H3,(H,16,17). The van der Waals surface area contributed by atoms with E-state index in [9.17, 15) is 9.59 Å². The third kappa shape index (κ3) is 2.55. The summed E-state index contributed by atoms with van der Waals surface area (Å²) in [4.78, 5) is 24.9. The fourth-order valence-corrected chi connectivity index (χ4v) is 1.92. The lowest BCUT2D eigenvalue weighted by atomic mass is 10.1. The number of furan rings is 1. The highest BCUT2D eigenvalue weighted by Crippen LogP contribution is 2.29. The van der Waals surface area contributed by atoms with E-state index >= 15 is 0 Å². The van der Waals surface area contributed by atoms with Crippen molar-refractivity contribution in [3.8, 4) is 0 Å². The molecule has 0 saturated heterocycles. The molecule has 1 unspecified atom stereocenters. The fourth-order valence-electron chi connectivity index (χ4n) is 1.92. The zero-order valence-corrected chi connectivity index (χ0v) is 10.5. The SMILES string of the molecule is Cc1occc1C(=O)N(CC(C)C(=O)O)C1CC1. The summed E-state index contributed by atoms with van der Waals surface area (Å²) < 4.78 is 5.12. The average molecular weight is 251 g/mol. The Labute approximate surface area is 105 Å². The van der Waals surface area contributed by atoms with Gasteiger partial charge in [0.1, 0.15) is 5.76 Å². The van der Waals surface area contributed by atoms with Crippen LogP contribution in [-0.4, -0.2) is 34.5 Å². The Balaban J connectivity index is 2.13. The third-order valence-corrected chi connectivity index (χ3v) is 3.23. The Kier molecular flexibility index (Phi) is 3.41. The van der Waals surface area contributed by atoms with Crippen molar-refractivity contribution in [2.24, 2.45) is 5.92 Å². The summed E-state index contributed by atoms with van der Waals surface area (Å²) in [6, 6.07) is 1.83. The Morgan fingerprint density at radius 2 is 2.22 bits per heavy atom. The fraction of sp³-hybridized carbons (Fsp3) is 0.538. The molecule has 1 saturated carbocycles. The zero-order chi connectivity index (χ0) is 13.3. The minimum Gasteiger partial charge on any atom is -0.481 e. The molecule has 2 rings (SSSR count). The summed E-state index contributed by atoms with van der Waals surface area (Å²) in [5.74, 6) is -0.982. The summed E-state index contributed by atoms with van der Waals surface area (Å²) in [7, 11) is 0. The number of hydrogen-bond acceptors (Lipinski definition) is 3. The van der Waals surface area contributed by atoms with E-state index in [2.05, 4.69) is 0 Å². The van der Waals surface area contributed by atoms with Gasteiger partial charge < -0.3 is 14.4 Å². The molecule has 1 heterocycles. The number of amides is 1. The van der Waals surface area contributed by atoms with Gasteiger partial charge in [0.25, 0.3) is 5.91 Å². The number of rotatable bonds is 5. The molecule has 1 aliphatic rings. The van der Waals surface area contributed by atoms with E-state index in [-0.39, 0.29) is 18.5 Å². The summed E-state index contributed by atoms with van der Waals surface area (Å²) in [6.45, 7) is 3.61. The number of carbonyl (C=O) groups is 2. The minimum atomic E-state index is -0.877. The van der Waals surface area contributed by atoms with Crippen LogP contribution in [0.25, 0.3) is 0 Å². The van der Waals surface area contributed by atoms with Crippen LogP contribution >= 0.6 is 0 Å². The first-order chi connectivity index (χ1) is 8.50. The molecule has 5 heteroatoms. The number of hydrogen-bond donors (Lipinski definition) is 1. The van der Waals surface area contributed by atoms with Crippen LogP contribution in [0.2, 0.25) is 0 Å². The summed E-state index contributed by atoms with van der Waals surface area (Å²) in [5, 5.41) is 8.94. The molecule has 0 spiro atoms. The van der Waals surface area contributed by atoms with Crippen LogP contribution in [0.5, 0.6) is 0 Å². The lowest BCUT2D eigenvalue weighted by molar-refractivity contribution is -0.141. The van der Waals surface area contributed by atoms with Gasteiger partial charge in [-0.25, -0.2) is 0 Å². The number of aryl methyl sites for hydroxylation is 1. The van der Waals surface area contributed by atoms with E-state index in [1.165, 1.54) is 6.26 Å². The second-order valence-electron chi connectivity index (χ2n) is 4.82. The van der Waals surface area contributed by atoms with Crippen LogP contribution in [0.3, 0.4) is 0 Å². The van der Waals surface area contributed by atoms with Crippen molar-refractivity contribution in [1.29, 1.82) is 0 Å². The van der Waals surface area contributed by atoms with E-state index in [0.717, 1.165) is 12.8 Å². The summed E-state index contributed by atoms with van der Waals surface area (Å²) >= 11 is 0. The lowest BCUT2D eigenvalue weighted by Crippen LogP contribution is -2.38. The predicted molar refractivity (Wildman–Crippen MR) is 64.3 cm³/mol. The topological polar surface area (TPSA) is 70.8 Å². The van der Waals surface area contributed by atoms with Crippen molar-refractivity contribution in [2.45, 2.75) is 32.7 Å². The van der Waals surface area contributed by atoms with Crippen LogP contribution in [0, 0.1) is 12.8 Å². The second kappa shape index (κ2) is 4.84. The zero-order valence-electron chi connectivity index (χ0n) is 10.5. The van der Waals surface area contributed by atoms with Crippen LogP contribution < -0.4 is 0 Å². The van der Waals surface area contributed by atoms with Crippen molar-refractivity contribution >= 4 is 11.9 Å². The largest absolute Gasteiger partial charge is 0.481 e. The maximum atomic E-state index is 12.3. The van der Waals surface area contributed by atoms with Gasteiger partial charge in [0.2, 0.25) is 0 Å². The molecular weight excluding hydrogens is 234 g/mol. The van der Waals surface area contributed by atoms with Gasteiger partial charge in [-0.1, -0.05) is 6.92 Å². The maximum absolute atomic E-state index is 12.3. The molecule has 0 aliphatic heterocycles. The molecule has 1 amide bonds. The molecular formula is C13H17NO4. The number of carboxylic acid groups (broad SMARTS) is 1. The van der Waals surface area contributed by atoms with Crippen molar-refractivity contribution < 1.29 is 19.1 Å². The van der Waals surface area contributed by atoms with Gasteiger partial charge in [0.05, 0.1) is 17.7 Å². The molecule has 5 nitrogen and oxygen atoms in total. The van der Waals surface area contributed by atoms with Crippen LogP contribution in [-0.2, 0) is 4.79 Å². The third-order valence-electron chi connectivity index (χ3n) is 3.23. The van der Waals surface area contributed by atoms with Gasteiger partial charge in [0, 0.05) is 12.6 Å². The van der Waals surface area contributed by atoms with Gasteiger partial charge in [0.15, 0.2) is 0 Å². The highest BCUT2D eigenvalue weighted by molar-refractivity contribution is 5.95. The molecule has 18 heavy (non-hydrogen) atoms. The van der Waals surface area contributed by atoms with Crippen LogP contribution in [0.4, 0.5) is 0 Å². The van der Waals surface area contributed by atoms with Crippen molar-refractivity contribution in [3.05, 3.63) is 23.7 Å². The Morgan fingerprint density at radius 3 is 2.67 bits per heavy atom. The number of nitrogens with zero attached hydrogens (tertiary/aromatic N) is 1. The van der Waals surface area contributed by atoms with Crippen molar-refractivity contribution in [2.75, 3.05) is 6.54 Å². The molecule has 1 aromatic rings. The molecule has 1 aromatic heterocycles. The Morgan fingerprint density at radius 1 is 1.56 bits per heavy atom. The molecule has 0 bridgehead atoms. The maximum Gasteiger partial charge on any atom is 0.308 e.